The van der Waals surface area contributed by atoms with Crippen LogP contribution in [0.1, 0.15) is 47.9 Å². The van der Waals surface area contributed by atoms with Crippen molar-refractivity contribution in [1.29, 1.82) is 0 Å². The molecule has 0 saturated carbocycles. The minimum Gasteiger partial charge on any atom is -0.452 e. The number of aromatic nitrogens is 4. The van der Waals surface area contributed by atoms with Crippen molar-refractivity contribution in [3.8, 4) is 0 Å². The molecule has 30 heavy (non-hydrogen) atoms. The predicted molar refractivity (Wildman–Crippen MR) is 114 cm³/mol. The molecule has 2 heterocycles. The van der Waals surface area contributed by atoms with Crippen LogP contribution in [0.25, 0.3) is 6.08 Å². The van der Waals surface area contributed by atoms with Gasteiger partial charge in [0.2, 0.25) is 0 Å². The molecule has 0 spiro atoms. The Morgan fingerprint density at radius 3 is 2.70 bits per heavy atom. The molecule has 3 rings (SSSR count). The smallest absolute Gasteiger partial charge is 0.331 e. The van der Waals surface area contributed by atoms with Gasteiger partial charge in [-0.1, -0.05) is 60.4 Å². The van der Waals surface area contributed by atoms with E-state index in [1.807, 2.05) is 38.1 Å². The van der Waals surface area contributed by atoms with Gasteiger partial charge in [-0.25, -0.2) is 9.48 Å². The van der Waals surface area contributed by atoms with E-state index in [0.717, 1.165) is 11.3 Å². The van der Waals surface area contributed by atoms with Crippen LogP contribution in [0.5, 0.6) is 0 Å². The van der Waals surface area contributed by atoms with Gasteiger partial charge in [-0.2, -0.15) is 10.1 Å². The molecule has 2 aromatic heterocycles. The summed E-state index contributed by atoms with van der Waals surface area (Å²) in [6, 6.07) is 8.18. The van der Waals surface area contributed by atoms with Crippen LogP contribution < -0.4 is 0 Å². The zero-order valence-corrected chi connectivity index (χ0v) is 18.3. The number of halogens is 1. The molecule has 0 bridgehead atoms. The summed E-state index contributed by atoms with van der Waals surface area (Å²) >= 11 is 6.48. The Labute approximate surface area is 180 Å². The number of aryl methyl sites for hydroxylation is 2. The largest absolute Gasteiger partial charge is 0.452 e. The van der Waals surface area contributed by atoms with Crippen molar-refractivity contribution in [2.24, 2.45) is 5.92 Å². The number of nitrogens with zero attached hydrogens (tertiary/aromatic N) is 4. The summed E-state index contributed by atoms with van der Waals surface area (Å²) in [5.41, 5.74) is 3.70. The fourth-order valence-electron chi connectivity index (χ4n) is 2.86. The second-order valence-corrected chi connectivity index (χ2v) is 7.93. The normalized spacial score (nSPS) is 11.5. The molecule has 7 nitrogen and oxygen atoms in total. The number of benzene rings is 1. The minimum absolute atomic E-state index is 0.0757. The molecule has 0 aliphatic rings. The lowest BCUT2D eigenvalue weighted by Crippen LogP contribution is -2.02. The first-order chi connectivity index (χ1) is 14.3. The van der Waals surface area contributed by atoms with Gasteiger partial charge in [-0.05, 0) is 31.4 Å². The molecule has 1 aromatic carbocycles. The molecule has 0 aliphatic carbocycles. The van der Waals surface area contributed by atoms with E-state index in [1.54, 1.807) is 10.8 Å². The molecular formula is C22H25ClN4O3. The summed E-state index contributed by atoms with van der Waals surface area (Å²) in [5, 5.41) is 8.81. The van der Waals surface area contributed by atoms with Crippen molar-refractivity contribution in [2.45, 2.75) is 47.3 Å². The molecule has 0 unspecified atom stereocenters. The van der Waals surface area contributed by atoms with Gasteiger partial charge in [-0.3, -0.25) is 0 Å². The number of ether oxygens (including phenoxy) is 1. The number of esters is 1. The van der Waals surface area contributed by atoms with E-state index in [9.17, 15) is 4.79 Å². The number of hydrogen-bond acceptors (Lipinski definition) is 6. The highest BCUT2D eigenvalue weighted by atomic mass is 35.5. The van der Waals surface area contributed by atoms with Gasteiger partial charge in [0, 0.05) is 18.1 Å². The lowest BCUT2D eigenvalue weighted by Gasteiger charge is -2.04. The second kappa shape index (κ2) is 9.71. The molecule has 158 valence electrons. The van der Waals surface area contributed by atoms with Crippen LogP contribution in [-0.2, 0) is 29.1 Å². The third kappa shape index (κ3) is 5.79. The van der Waals surface area contributed by atoms with Gasteiger partial charge in [0.25, 0.3) is 5.89 Å². The summed E-state index contributed by atoms with van der Waals surface area (Å²) in [5.74, 6) is 0.767. The van der Waals surface area contributed by atoms with Crippen molar-refractivity contribution >= 4 is 23.6 Å². The summed E-state index contributed by atoms with van der Waals surface area (Å²) < 4.78 is 12.0. The lowest BCUT2D eigenvalue weighted by molar-refractivity contribution is -0.139. The maximum absolute atomic E-state index is 12.1. The Bertz CT molecular complexity index is 1040. The first kappa shape index (κ1) is 21.8. The lowest BCUT2D eigenvalue weighted by atomic mass is 10.1. The second-order valence-electron chi connectivity index (χ2n) is 7.58. The number of carbonyl (C=O) groups is 1. The van der Waals surface area contributed by atoms with Gasteiger partial charge < -0.3 is 9.26 Å². The van der Waals surface area contributed by atoms with Crippen LogP contribution in [0.15, 0.2) is 34.9 Å². The van der Waals surface area contributed by atoms with Crippen molar-refractivity contribution in [2.75, 3.05) is 0 Å². The van der Waals surface area contributed by atoms with Crippen LogP contribution >= 0.6 is 11.6 Å². The molecule has 0 radical (unpaired) electrons. The summed E-state index contributed by atoms with van der Waals surface area (Å²) in [4.78, 5) is 16.3. The molecule has 0 atom stereocenters. The monoisotopic (exact) mass is 428 g/mol. The third-order valence-electron chi connectivity index (χ3n) is 4.39. The van der Waals surface area contributed by atoms with Crippen molar-refractivity contribution in [3.63, 3.8) is 0 Å². The third-order valence-corrected chi connectivity index (χ3v) is 4.79. The van der Waals surface area contributed by atoms with E-state index in [4.69, 9.17) is 20.9 Å². The SMILES string of the molecule is Cc1ccc(Cn2nc(C)c(/C=C/C(=O)OCc3nc(CC(C)C)no3)c2Cl)cc1. The van der Waals surface area contributed by atoms with Crippen molar-refractivity contribution in [3.05, 3.63) is 69.6 Å². The summed E-state index contributed by atoms with van der Waals surface area (Å²) in [6.07, 6.45) is 3.63. The van der Waals surface area contributed by atoms with Crippen molar-refractivity contribution < 1.29 is 14.1 Å². The zero-order chi connectivity index (χ0) is 21.7. The van der Waals surface area contributed by atoms with Crippen LogP contribution in [0.3, 0.4) is 0 Å². The van der Waals surface area contributed by atoms with Gasteiger partial charge >= 0.3 is 5.97 Å². The predicted octanol–water partition coefficient (Wildman–Crippen LogP) is 4.54. The van der Waals surface area contributed by atoms with E-state index in [2.05, 4.69) is 29.1 Å². The van der Waals surface area contributed by atoms with Crippen LogP contribution in [-0.4, -0.2) is 25.9 Å². The highest BCUT2D eigenvalue weighted by Crippen LogP contribution is 2.22. The maximum atomic E-state index is 12.1. The average Bonchev–Trinajstić information content (AvgIpc) is 3.24. The van der Waals surface area contributed by atoms with Crippen LogP contribution in [0.4, 0.5) is 0 Å². The number of rotatable bonds is 8. The average molecular weight is 429 g/mol. The van der Waals surface area contributed by atoms with E-state index < -0.39 is 5.97 Å². The number of carbonyl (C=O) groups excluding carboxylic acids is 1. The van der Waals surface area contributed by atoms with Gasteiger partial charge in [0.1, 0.15) is 5.15 Å². The van der Waals surface area contributed by atoms with E-state index in [0.29, 0.717) is 35.4 Å². The van der Waals surface area contributed by atoms with Gasteiger partial charge in [-0.15, -0.1) is 0 Å². The molecular weight excluding hydrogens is 404 g/mol. The molecule has 8 heteroatoms. The highest BCUT2D eigenvalue weighted by Gasteiger charge is 2.13. The Morgan fingerprint density at radius 2 is 2.00 bits per heavy atom. The molecule has 0 fully saturated rings. The fraction of sp³-hybridized carbons (Fsp3) is 0.364. The fourth-order valence-corrected chi connectivity index (χ4v) is 3.15. The van der Waals surface area contributed by atoms with Crippen LogP contribution in [0.2, 0.25) is 5.15 Å². The number of hydrogen-bond donors (Lipinski definition) is 0. The Kier molecular flexibility index (Phi) is 7.05. The molecule has 0 N–H and O–H groups in total. The van der Waals surface area contributed by atoms with Gasteiger partial charge in [0.15, 0.2) is 12.4 Å². The molecule has 0 saturated heterocycles. The summed E-state index contributed by atoms with van der Waals surface area (Å²) in [7, 11) is 0. The molecule has 0 amide bonds. The highest BCUT2D eigenvalue weighted by molar-refractivity contribution is 6.31. The molecule has 0 aliphatic heterocycles. The van der Waals surface area contributed by atoms with E-state index in [-0.39, 0.29) is 12.5 Å². The van der Waals surface area contributed by atoms with Crippen molar-refractivity contribution in [1.82, 2.24) is 19.9 Å². The van der Waals surface area contributed by atoms with E-state index >= 15 is 0 Å². The molecule has 3 aromatic rings. The maximum Gasteiger partial charge on any atom is 0.331 e. The van der Waals surface area contributed by atoms with Crippen LogP contribution in [0, 0.1) is 19.8 Å². The Morgan fingerprint density at radius 1 is 1.27 bits per heavy atom. The minimum atomic E-state index is -0.527. The van der Waals surface area contributed by atoms with E-state index in [1.165, 1.54) is 11.6 Å². The Balaban J connectivity index is 1.59. The topological polar surface area (TPSA) is 83.0 Å². The standard InChI is InChI=1S/C22H25ClN4O3/c1-14(2)11-19-24-20(30-26-19)13-29-21(28)10-9-18-16(4)25-27(22(18)23)12-17-7-5-15(3)6-8-17/h5-10,14H,11-13H2,1-4H3/b10-9+. The Hall–Kier alpha value is -2.93. The summed E-state index contributed by atoms with van der Waals surface area (Å²) in [6.45, 7) is 8.49. The first-order valence-electron chi connectivity index (χ1n) is 9.76. The first-order valence-corrected chi connectivity index (χ1v) is 10.1. The quantitative estimate of drug-likeness (QED) is 0.387. The van der Waals surface area contributed by atoms with Gasteiger partial charge in [0.05, 0.1) is 12.2 Å². The zero-order valence-electron chi connectivity index (χ0n) is 17.6.